The van der Waals surface area contributed by atoms with Gasteiger partial charge in [0.15, 0.2) is 23.0 Å². The Labute approximate surface area is 390 Å². The summed E-state index contributed by atoms with van der Waals surface area (Å²) in [6, 6.07) is 51.8. The standard InChI is InChI=1S/C58H52O6P2/c1-35-19-36(2)24-45(23-35)65(46-25-37(3)20-38(4)26-46)51-31-49(63-43-15-11-9-12-16-43)55-57(61-33-59-55)53(51)54-52(32-50(56-58(54)62-34-60-56)64-44-17-13-10-14-18-44)66(47-27-39(5)21-40(6)28-47)48-29-41(7)22-42(8)30-48/h9-32H,33-34H2,1-8H3. The van der Waals surface area contributed by atoms with Crippen molar-refractivity contribution in [3.8, 4) is 57.1 Å². The Bertz CT molecular complexity index is 2750. The number of hydrogen-bond acceptors (Lipinski definition) is 6. The lowest BCUT2D eigenvalue weighted by Gasteiger charge is -2.29. The van der Waals surface area contributed by atoms with Crippen LogP contribution in [-0.2, 0) is 0 Å². The van der Waals surface area contributed by atoms with Crippen LogP contribution in [0.1, 0.15) is 44.5 Å². The van der Waals surface area contributed by atoms with Crippen molar-refractivity contribution in [3.63, 3.8) is 0 Å². The minimum absolute atomic E-state index is 0.0228. The average molecular weight is 907 g/mol. The Balaban J connectivity index is 1.38. The summed E-state index contributed by atoms with van der Waals surface area (Å²) >= 11 is 0. The normalized spacial score (nSPS) is 12.6. The number of fused-ring (bicyclic) bond motifs is 2. The highest BCUT2D eigenvalue weighted by molar-refractivity contribution is 7.80. The summed E-state index contributed by atoms with van der Waals surface area (Å²) < 4.78 is 40.4. The van der Waals surface area contributed by atoms with Gasteiger partial charge in [0, 0.05) is 21.7 Å². The quantitative estimate of drug-likeness (QED) is 0.121. The van der Waals surface area contributed by atoms with Gasteiger partial charge in [-0.25, -0.2) is 0 Å². The second kappa shape index (κ2) is 18.0. The van der Waals surface area contributed by atoms with Crippen molar-refractivity contribution in [3.05, 3.63) is 190 Å². The average Bonchev–Trinajstić information content (AvgIpc) is 3.96. The molecule has 8 heteroatoms. The summed E-state index contributed by atoms with van der Waals surface area (Å²) in [7, 11) is -2.61. The molecule has 0 atom stereocenters. The van der Waals surface area contributed by atoms with Gasteiger partial charge in [0.2, 0.25) is 25.1 Å². The van der Waals surface area contributed by atoms with Crippen molar-refractivity contribution in [2.24, 2.45) is 0 Å². The monoisotopic (exact) mass is 906 g/mol. The second-order valence-corrected chi connectivity index (χ2v) is 21.9. The first-order valence-electron chi connectivity index (χ1n) is 22.3. The highest BCUT2D eigenvalue weighted by Crippen LogP contribution is 2.58. The van der Waals surface area contributed by atoms with Crippen LogP contribution in [0.5, 0.6) is 46.0 Å². The summed E-state index contributed by atoms with van der Waals surface area (Å²) in [5, 5.41) is 6.93. The van der Waals surface area contributed by atoms with Gasteiger partial charge in [-0.3, -0.25) is 0 Å². The molecule has 0 aromatic heterocycles. The van der Waals surface area contributed by atoms with E-state index < -0.39 is 15.8 Å². The molecule has 0 aliphatic carbocycles. The first-order valence-corrected chi connectivity index (χ1v) is 25.0. The second-order valence-electron chi connectivity index (χ2n) is 17.6. The third-order valence-electron chi connectivity index (χ3n) is 11.7. The van der Waals surface area contributed by atoms with Crippen molar-refractivity contribution < 1.29 is 28.4 Å². The van der Waals surface area contributed by atoms with E-state index in [4.69, 9.17) is 28.4 Å². The molecule has 0 fully saturated rings. The Morgan fingerprint density at radius 3 is 0.894 bits per heavy atom. The zero-order valence-electron chi connectivity index (χ0n) is 38.6. The lowest BCUT2D eigenvalue weighted by Crippen LogP contribution is -2.27. The van der Waals surface area contributed by atoms with Crippen LogP contribution in [0.25, 0.3) is 11.1 Å². The zero-order valence-corrected chi connectivity index (χ0v) is 40.4. The van der Waals surface area contributed by atoms with Gasteiger partial charge in [-0.2, -0.15) is 0 Å². The van der Waals surface area contributed by atoms with E-state index in [1.54, 1.807) is 0 Å². The molecule has 0 spiro atoms. The third-order valence-corrected chi connectivity index (χ3v) is 16.5. The van der Waals surface area contributed by atoms with Gasteiger partial charge < -0.3 is 28.4 Å². The van der Waals surface area contributed by atoms with Crippen molar-refractivity contribution in [2.45, 2.75) is 55.4 Å². The molecular weight excluding hydrogens is 855 g/mol. The van der Waals surface area contributed by atoms with Gasteiger partial charge in [0.05, 0.1) is 0 Å². The summed E-state index contributed by atoms with van der Waals surface area (Å²) in [5.74, 6) is 4.85. The van der Waals surface area contributed by atoms with E-state index in [1.165, 1.54) is 65.7 Å². The van der Waals surface area contributed by atoms with Crippen molar-refractivity contribution in [1.82, 2.24) is 0 Å². The number of benzene rings is 8. The Hall–Kier alpha value is -6.58. The van der Waals surface area contributed by atoms with Crippen LogP contribution >= 0.6 is 15.8 Å². The van der Waals surface area contributed by atoms with E-state index in [2.05, 4.69) is 140 Å². The van der Waals surface area contributed by atoms with Crippen LogP contribution in [0.3, 0.4) is 0 Å². The van der Waals surface area contributed by atoms with Gasteiger partial charge in [-0.15, -0.1) is 0 Å². The van der Waals surface area contributed by atoms with E-state index in [0.29, 0.717) is 46.0 Å². The van der Waals surface area contributed by atoms with Crippen LogP contribution in [-0.4, -0.2) is 13.6 Å². The smallest absolute Gasteiger partial charge is 0.231 e. The molecule has 8 aromatic rings. The molecule has 0 unspecified atom stereocenters. The molecule has 0 N–H and O–H groups in total. The molecule has 0 bridgehead atoms. The topological polar surface area (TPSA) is 55.4 Å². The highest BCUT2D eigenvalue weighted by Gasteiger charge is 2.39. The molecule has 2 aliphatic heterocycles. The number of ether oxygens (including phenoxy) is 6. The van der Waals surface area contributed by atoms with Crippen molar-refractivity contribution in [1.29, 1.82) is 0 Å². The summed E-state index contributed by atoms with van der Waals surface area (Å²) in [4.78, 5) is 0. The predicted molar refractivity (Wildman–Crippen MR) is 272 cm³/mol. The summed E-state index contributed by atoms with van der Waals surface area (Å²) in [5.41, 5.74) is 11.3. The number of para-hydroxylation sites is 2. The van der Waals surface area contributed by atoms with E-state index >= 15 is 0 Å². The molecule has 6 nitrogen and oxygen atoms in total. The van der Waals surface area contributed by atoms with Crippen LogP contribution in [0.15, 0.2) is 146 Å². The third kappa shape index (κ3) is 8.64. The lowest BCUT2D eigenvalue weighted by atomic mass is 10.0. The largest absolute Gasteiger partial charge is 0.453 e. The fourth-order valence-corrected chi connectivity index (χ4v) is 15.2. The van der Waals surface area contributed by atoms with E-state index in [1.807, 2.05) is 60.7 Å². The number of hydrogen-bond donors (Lipinski definition) is 0. The maximum Gasteiger partial charge on any atom is 0.231 e. The molecular formula is C58H52O6P2. The van der Waals surface area contributed by atoms with Gasteiger partial charge in [-0.1, -0.05) is 154 Å². The van der Waals surface area contributed by atoms with Crippen LogP contribution in [0, 0.1) is 55.4 Å². The Kier molecular flexibility index (Phi) is 11.8. The van der Waals surface area contributed by atoms with Gasteiger partial charge in [0.25, 0.3) is 0 Å². The van der Waals surface area contributed by atoms with Gasteiger partial charge >= 0.3 is 0 Å². The molecule has 2 heterocycles. The molecule has 0 amide bonds. The van der Waals surface area contributed by atoms with Crippen LogP contribution in [0.2, 0.25) is 0 Å². The maximum absolute atomic E-state index is 6.85. The molecule has 10 rings (SSSR count). The number of aryl methyl sites for hydroxylation is 8. The fourth-order valence-electron chi connectivity index (χ4n) is 9.44. The summed E-state index contributed by atoms with van der Waals surface area (Å²) in [6.45, 7) is 17.5. The fraction of sp³-hybridized carbons (Fsp3) is 0.172. The molecule has 0 saturated carbocycles. The minimum Gasteiger partial charge on any atom is -0.453 e. The first kappa shape index (κ1) is 43.3. The highest BCUT2D eigenvalue weighted by atomic mass is 31.1. The first-order chi connectivity index (χ1) is 31.9. The maximum atomic E-state index is 6.85. The van der Waals surface area contributed by atoms with E-state index in [9.17, 15) is 0 Å². The zero-order chi connectivity index (χ0) is 45.6. The lowest BCUT2D eigenvalue weighted by molar-refractivity contribution is 0.171. The molecule has 330 valence electrons. The van der Waals surface area contributed by atoms with Gasteiger partial charge in [0.1, 0.15) is 11.5 Å². The van der Waals surface area contributed by atoms with Crippen LogP contribution in [0.4, 0.5) is 0 Å². The Morgan fingerprint density at radius 1 is 0.333 bits per heavy atom. The Morgan fingerprint density at radius 2 is 0.606 bits per heavy atom. The van der Waals surface area contributed by atoms with E-state index in [0.717, 1.165) is 21.7 Å². The van der Waals surface area contributed by atoms with Crippen LogP contribution < -0.4 is 60.2 Å². The molecule has 8 aromatic carbocycles. The molecule has 66 heavy (non-hydrogen) atoms. The van der Waals surface area contributed by atoms with Crippen molar-refractivity contribution >= 4 is 47.7 Å². The molecule has 0 saturated heterocycles. The molecule has 2 aliphatic rings. The van der Waals surface area contributed by atoms with Gasteiger partial charge in [-0.05, 0) is 129 Å². The predicted octanol–water partition coefficient (Wildman–Crippen LogP) is 12.4. The molecule has 0 radical (unpaired) electrons. The number of rotatable bonds is 11. The SMILES string of the molecule is Cc1cc(C)cc(P(c2cc(C)cc(C)c2)c2cc(Oc3ccccc3)c3c(c2-c2c(P(c4cc(C)cc(C)c4)c4cc(C)cc(C)c4)cc(Oc4ccccc4)c4c2OCO4)OCO3)c1. The minimum atomic E-state index is -1.30. The van der Waals surface area contributed by atoms with Crippen molar-refractivity contribution in [2.75, 3.05) is 13.6 Å². The van der Waals surface area contributed by atoms with E-state index in [-0.39, 0.29) is 13.6 Å². The summed E-state index contributed by atoms with van der Waals surface area (Å²) in [6.07, 6.45) is 0.